The summed E-state index contributed by atoms with van der Waals surface area (Å²) in [6.45, 7) is 6.69. The van der Waals surface area contributed by atoms with Crippen LogP contribution in [-0.2, 0) is 0 Å². The molecule has 0 aliphatic heterocycles. The summed E-state index contributed by atoms with van der Waals surface area (Å²) in [5.41, 5.74) is 1.29. The maximum atomic E-state index is 5.26. The predicted octanol–water partition coefficient (Wildman–Crippen LogP) is 3.92. The Kier molecular flexibility index (Phi) is 6.06. The third-order valence-corrected chi connectivity index (χ3v) is 3.21. The molecule has 2 heteroatoms. The number of nitrogens with one attached hydrogen (secondary N) is 1. The maximum absolute atomic E-state index is 5.26. The van der Waals surface area contributed by atoms with E-state index in [1.54, 1.807) is 7.11 Å². The maximum Gasteiger partial charge on any atom is 0.119 e. The number of methoxy groups -OCH3 is 1. The van der Waals surface area contributed by atoms with Crippen molar-refractivity contribution in [3.05, 3.63) is 29.8 Å². The largest absolute Gasteiger partial charge is 0.497 e. The lowest BCUT2D eigenvalue weighted by molar-refractivity contribution is 0.405. The Morgan fingerprint density at radius 2 is 2.06 bits per heavy atom. The van der Waals surface area contributed by atoms with Crippen molar-refractivity contribution in [1.29, 1.82) is 0 Å². The Morgan fingerprint density at radius 1 is 1.29 bits per heavy atom. The van der Waals surface area contributed by atoms with E-state index in [-0.39, 0.29) is 0 Å². The van der Waals surface area contributed by atoms with Gasteiger partial charge in [0, 0.05) is 12.1 Å². The first kappa shape index (κ1) is 14.0. The SMILES string of the molecule is CCCC(CC)N[C@H](C)c1cccc(OC)c1. The molecule has 0 amide bonds. The van der Waals surface area contributed by atoms with Gasteiger partial charge in [-0.05, 0) is 37.5 Å². The lowest BCUT2D eigenvalue weighted by atomic mass is 10.0. The summed E-state index contributed by atoms with van der Waals surface area (Å²) in [5, 5.41) is 3.68. The van der Waals surface area contributed by atoms with Crippen molar-refractivity contribution < 1.29 is 4.74 Å². The molecule has 96 valence electrons. The van der Waals surface area contributed by atoms with E-state index in [4.69, 9.17) is 4.74 Å². The van der Waals surface area contributed by atoms with Gasteiger partial charge in [0.15, 0.2) is 0 Å². The van der Waals surface area contributed by atoms with Gasteiger partial charge in [-0.2, -0.15) is 0 Å². The van der Waals surface area contributed by atoms with E-state index in [0.717, 1.165) is 5.75 Å². The first-order chi connectivity index (χ1) is 8.21. The molecule has 1 rings (SSSR count). The molecule has 2 nitrogen and oxygen atoms in total. The summed E-state index contributed by atoms with van der Waals surface area (Å²) in [6.07, 6.45) is 3.66. The molecule has 0 saturated heterocycles. The van der Waals surface area contributed by atoms with Crippen molar-refractivity contribution in [2.75, 3.05) is 7.11 Å². The van der Waals surface area contributed by atoms with Crippen LogP contribution in [0.1, 0.15) is 51.6 Å². The van der Waals surface area contributed by atoms with Crippen LogP contribution in [-0.4, -0.2) is 13.2 Å². The normalized spacial score (nSPS) is 14.4. The van der Waals surface area contributed by atoms with E-state index < -0.39 is 0 Å². The van der Waals surface area contributed by atoms with Gasteiger partial charge in [-0.25, -0.2) is 0 Å². The monoisotopic (exact) mass is 235 g/mol. The highest BCUT2D eigenvalue weighted by atomic mass is 16.5. The van der Waals surface area contributed by atoms with E-state index in [2.05, 4.69) is 38.2 Å². The zero-order valence-corrected chi connectivity index (χ0v) is 11.5. The summed E-state index contributed by atoms with van der Waals surface area (Å²) in [5.74, 6) is 0.930. The molecular weight excluding hydrogens is 210 g/mol. The van der Waals surface area contributed by atoms with Gasteiger partial charge in [-0.15, -0.1) is 0 Å². The minimum atomic E-state index is 0.376. The summed E-state index contributed by atoms with van der Waals surface area (Å²) < 4.78 is 5.26. The fraction of sp³-hybridized carbons (Fsp3) is 0.600. The molecule has 17 heavy (non-hydrogen) atoms. The number of ether oxygens (including phenoxy) is 1. The second-order valence-electron chi connectivity index (χ2n) is 4.56. The van der Waals surface area contributed by atoms with Gasteiger partial charge in [-0.1, -0.05) is 32.4 Å². The second-order valence-corrected chi connectivity index (χ2v) is 4.56. The molecule has 0 fully saturated rings. The molecule has 2 atom stereocenters. The van der Waals surface area contributed by atoms with Crippen LogP contribution >= 0.6 is 0 Å². The minimum Gasteiger partial charge on any atom is -0.497 e. The molecule has 0 radical (unpaired) electrons. The van der Waals surface area contributed by atoms with Crippen LogP contribution in [0.15, 0.2) is 24.3 Å². The Balaban J connectivity index is 2.64. The molecule has 1 aromatic carbocycles. The Labute approximate surface area is 105 Å². The minimum absolute atomic E-state index is 0.376. The van der Waals surface area contributed by atoms with Gasteiger partial charge < -0.3 is 10.1 Å². The average Bonchev–Trinajstić information content (AvgIpc) is 2.38. The molecule has 0 aromatic heterocycles. The van der Waals surface area contributed by atoms with Crippen molar-refractivity contribution >= 4 is 0 Å². The topological polar surface area (TPSA) is 21.3 Å². The van der Waals surface area contributed by atoms with Gasteiger partial charge in [0.05, 0.1) is 7.11 Å². The van der Waals surface area contributed by atoms with E-state index in [1.807, 2.05) is 12.1 Å². The summed E-state index contributed by atoms with van der Waals surface area (Å²) >= 11 is 0. The quantitative estimate of drug-likeness (QED) is 0.773. The smallest absolute Gasteiger partial charge is 0.119 e. The standard InChI is InChI=1S/C15H25NO/c1-5-8-14(6-2)16-12(3)13-9-7-10-15(11-13)17-4/h7,9-12,14,16H,5-6,8H2,1-4H3/t12-,14?/m1/s1. The van der Waals surface area contributed by atoms with Gasteiger partial charge in [0.1, 0.15) is 5.75 Å². The van der Waals surface area contributed by atoms with Gasteiger partial charge in [0.2, 0.25) is 0 Å². The third-order valence-electron chi connectivity index (χ3n) is 3.21. The Bertz CT molecular complexity index is 324. The summed E-state index contributed by atoms with van der Waals surface area (Å²) in [6, 6.07) is 9.28. The fourth-order valence-corrected chi connectivity index (χ4v) is 2.11. The van der Waals surface area contributed by atoms with Crippen LogP contribution in [0.4, 0.5) is 0 Å². The van der Waals surface area contributed by atoms with Crippen LogP contribution in [0.25, 0.3) is 0 Å². The molecule has 0 aliphatic rings. The molecule has 1 N–H and O–H groups in total. The highest BCUT2D eigenvalue weighted by molar-refractivity contribution is 5.30. The van der Waals surface area contributed by atoms with Crippen molar-refractivity contribution in [3.63, 3.8) is 0 Å². The van der Waals surface area contributed by atoms with Crippen LogP contribution < -0.4 is 10.1 Å². The highest BCUT2D eigenvalue weighted by Gasteiger charge is 2.11. The van der Waals surface area contributed by atoms with Crippen molar-refractivity contribution in [2.24, 2.45) is 0 Å². The number of benzene rings is 1. The van der Waals surface area contributed by atoms with E-state index in [9.17, 15) is 0 Å². The summed E-state index contributed by atoms with van der Waals surface area (Å²) in [7, 11) is 1.71. The van der Waals surface area contributed by atoms with E-state index >= 15 is 0 Å². The molecule has 0 saturated carbocycles. The zero-order valence-electron chi connectivity index (χ0n) is 11.5. The molecule has 0 bridgehead atoms. The molecule has 0 aliphatic carbocycles. The average molecular weight is 235 g/mol. The third kappa shape index (κ3) is 4.39. The molecule has 1 unspecified atom stereocenters. The number of rotatable bonds is 7. The first-order valence-corrected chi connectivity index (χ1v) is 6.61. The second kappa shape index (κ2) is 7.33. The molecule has 0 heterocycles. The van der Waals surface area contributed by atoms with Crippen LogP contribution in [0.3, 0.4) is 0 Å². The Hall–Kier alpha value is -1.02. The van der Waals surface area contributed by atoms with Gasteiger partial charge in [0.25, 0.3) is 0 Å². The lowest BCUT2D eigenvalue weighted by Crippen LogP contribution is -2.30. The van der Waals surface area contributed by atoms with Gasteiger partial charge >= 0.3 is 0 Å². The molecular formula is C15H25NO. The lowest BCUT2D eigenvalue weighted by Gasteiger charge is -2.22. The predicted molar refractivity (Wildman–Crippen MR) is 73.5 cm³/mol. The molecule has 1 aromatic rings. The zero-order chi connectivity index (χ0) is 12.7. The number of hydrogen-bond donors (Lipinski definition) is 1. The van der Waals surface area contributed by atoms with Gasteiger partial charge in [-0.3, -0.25) is 0 Å². The highest BCUT2D eigenvalue weighted by Crippen LogP contribution is 2.20. The van der Waals surface area contributed by atoms with Crippen LogP contribution in [0.2, 0.25) is 0 Å². The Morgan fingerprint density at radius 3 is 2.65 bits per heavy atom. The molecule has 0 spiro atoms. The van der Waals surface area contributed by atoms with E-state index in [1.165, 1.54) is 24.8 Å². The van der Waals surface area contributed by atoms with Crippen LogP contribution in [0, 0.1) is 0 Å². The summed E-state index contributed by atoms with van der Waals surface area (Å²) in [4.78, 5) is 0. The fourth-order valence-electron chi connectivity index (χ4n) is 2.11. The number of hydrogen-bond acceptors (Lipinski definition) is 2. The first-order valence-electron chi connectivity index (χ1n) is 6.61. The van der Waals surface area contributed by atoms with Crippen molar-refractivity contribution in [1.82, 2.24) is 5.32 Å². The van der Waals surface area contributed by atoms with Crippen LogP contribution in [0.5, 0.6) is 5.75 Å². The van der Waals surface area contributed by atoms with E-state index in [0.29, 0.717) is 12.1 Å². The van der Waals surface area contributed by atoms with Crippen molar-refractivity contribution in [3.8, 4) is 5.75 Å². The van der Waals surface area contributed by atoms with Crippen molar-refractivity contribution in [2.45, 2.75) is 52.1 Å².